The van der Waals surface area contributed by atoms with Crippen molar-refractivity contribution in [1.82, 2.24) is 5.32 Å². The largest absolute Gasteiger partial charge is 0.497 e. The van der Waals surface area contributed by atoms with Gasteiger partial charge in [0, 0.05) is 36.9 Å². The minimum absolute atomic E-state index is 0. The molecule has 1 rings (SSSR count). The molecule has 0 saturated carbocycles. The normalized spacial score (nSPS) is 9.28. The zero-order chi connectivity index (χ0) is 12.7. The molecule has 0 aliphatic heterocycles. The third-order valence-electron chi connectivity index (χ3n) is 2.24. The molecule has 1 aromatic rings. The van der Waals surface area contributed by atoms with Gasteiger partial charge in [-0.05, 0) is 7.05 Å². The van der Waals surface area contributed by atoms with E-state index in [1.54, 1.807) is 32.4 Å². The van der Waals surface area contributed by atoms with Crippen LogP contribution >= 0.6 is 12.4 Å². The van der Waals surface area contributed by atoms with Gasteiger partial charge in [-0.1, -0.05) is 0 Å². The quantitative estimate of drug-likeness (QED) is 0.829. The van der Waals surface area contributed by atoms with Crippen LogP contribution < -0.4 is 20.1 Å². The summed E-state index contributed by atoms with van der Waals surface area (Å²) in [5.41, 5.74) is 0.669. The number of halogens is 1. The molecule has 0 unspecified atom stereocenters. The number of amides is 1. The number of benzene rings is 1. The average molecular weight is 275 g/mol. The maximum Gasteiger partial charge on any atom is 0.225 e. The summed E-state index contributed by atoms with van der Waals surface area (Å²) in [5.74, 6) is 1.25. The molecule has 0 bridgehead atoms. The molecule has 5 nitrogen and oxygen atoms in total. The number of nitrogens with one attached hydrogen (secondary N) is 2. The van der Waals surface area contributed by atoms with E-state index in [2.05, 4.69) is 10.6 Å². The van der Waals surface area contributed by atoms with Crippen molar-refractivity contribution in [3.63, 3.8) is 0 Å². The monoisotopic (exact) mass is 274 g/mol. The van der Waals surface area contributed by atoms with Crippen molar-refractivity contribution in [2.75, 3.05) is 33.1 Å². The fraction of sp³-hybridized carbons (Fsp3) is 0.417. The van der Waals surface area contributed by atoms with E-state index in [0.717, 1.165) is 0 Å². The Morgan fingerprint density at radius 2 is 1.72 bits per heavy atom. The third kappa shape index (κ3) is 5.25. The average Bonchev–Trinajstić information content (AvgIpc) is 2.35. The second-order valence-corrected chi connectivity index (χ2v) is 3.50. The highest BCUT2D eigenvalue weighted by atomic mass is 35.5. The maximum atomic E-state index is 11.5. The second-order valence-electron chi connectivity index (χ2n) is 3.50. The van der Waals surface area contributed by atoms with Crippen LogP contribution in [0.2, 0.25) is 0 Å². The van der Waals surface area contributed by atoms with E-state index < -0.39 is 0 Å². The third-order valence-corrected chi connectivity index (χ3v) is 2.24. The Morgan fingerprint density at radius 1 is 1.17 bits per heavy atom. The van der Waals surface area contributed by atoms with Crippen molar-refractivity contribution in [2.45, 2.75) is 6.42 Å². The number of carbonyl (C=O) groups excluding carboxylic acids is 1. The summed E-state index contributed by atoms with van der Waals surface area (Å²) in [5, 5.41) is 5.71. The van der Waals surface area contributed by atoms with Gasteiger partial charge in [-0.2, -0.15) is 0 Å². The molecule has 0 aliphatic rings. The Kier molecular flexibility index (Phi) is 7.91. The summed E-state index contributed by atoms with van der Waals surface area (Å²) in [6.45, 7) is 0.646. The van der Waals surface area contributed by atoms with Crippen LogP contribution in [0.1, 0.15) is 6.42 Å². The topological polar surface area (TPSA) is 59.6 Å². The molecular formula is C12H19ClN2O3. The van der Waals surface area contributed by atoms with E-state index in [0.29, 0.717) is 30.2 Å². The van der Waals surface area contributed by atoms with Crippen LogP contribution in [-0.2, 0) is 4.79 Å². The first kappa shape index (κ1) is 16.5. The van der Waals surface area contributed by atoms with Crippen LogP contribution in [-0.4, -0.2) is 33.7 Å². The molecule has 0 heterocycles. The Bertz CT molecular complexity index is 363. The molecule has 0 aromatic heterocycles. The lowest BCUT2D eigenvalue weighted by Crippen LogP contribution is -2.18. The van der Waals surface area contributed by atoms with Gasteiger partial charge in [-0.25, -0.2) is 0 Å². The predicted octanol–water partition coefficient (Wildman–Crippen LogP) is 1.67. The first-order valence-corrected chi connectivity index (χ1v) is 5.37. The summed E-state index contributed by atoms with van der Waals surface area (Å²) in [7, 11) is 4.95. The Balaban J connectivity index is 0.00000289. The molecule has 0 atom stereocenters. The smallest absolute Gasteiger partial charge is 0.225 e. The molecule has 1 amide bonds. The zero-order valence-electron chi connectivity index (χ0n) is 10.8. The number of ether oxygens (including phenoxy) is 2. The van der Waals surface area contributed by atoms with E-state index >= 15 is 0 Å². The number of rotatable bonds is 6. The number of hydrogen-bond donors (Lipinski definition) is 2. The molecular weight excluding hydrogens is 256 g/mol. The molecule has 1 aromatic carbocycles. The van der Waals surface area contributed by atoms with Crippen LogP contribution in [0.4, 0.5) is 5.69 Å². The van der Waals surface area contributed by atoms with Crippen LogP contribution in [0.15, 0.2) is 18.2 Å². The highest BCUT2D eigenvalue weighted by Gasteiger charge is 2.05. The number of methoxy groups -OCH3 is 2. The van der Waals surface area contributed by atoms with Crippen LogP contribution in [0, 0.1) is 0 Å². The first-order chi connectivity index (χ1) is 8.19. The molecule has 102 valence electrons. The predicted molar refractivity (Wildman–Crippen MR) is 74.0 cm³/mol. The zero-order valence-corrected chi connectivity index (χ0v) is 11.6. The van der Waals surface area contributed by atoms with Gasteiger partial charge < -0.3 is 20.1 Å². The molecule has 18 heavy (non-hydrogen) atoms. The number of carbonyl (C=O) groups is 1. The van der Waals surface area contributed by atoms with E-state index in [4.69, 9.17) is 9.47 Å². The van der Waals surface area contributed by atoms with E-state index in [-0.39, 0.29) is 18.3 Å². The first-order valence-electron chi connectivity index (χ1n) is 5.37. The van der Waals surface area contributed by atoms with Gasteiger partial charge in [0.2, 0.25) is 5.91 Å². The van der Waals surface area contributed by atoms with Gasteiger partial charge in [0.25, 0.3) is 0 Å². The van der Waals surface area contributed by atoms with E-state index in [1.165, 1.54) is 0 Å². The highest BCUT2D eigenvalue weighted by Crippen LogP contribution is 2.25. The second kappa shape index (κ2) is 8.60. The van der Waals surface area contributed by atoms with Crippen molar-refractivity contribution >= 4 is 24.0 Å². The van der Waals surface area contributed by atoms with Crippen molar-refractivity contribution in [3.8, 4) is 11.5 Å². The summed E-state index contributed by atoms with van der Waals surface area (Å²) < 4.78 is 10.2. The molecule has 6 heteroatoms. The number of anilines is 1. The lowest BCUT2D eigenvalue weighted by molar-refractivity contribution is -0.116. The fourth-order valence-electron chi connectivity index (χ4n) is 1.34. The summed E-state index contributed by atoms with van der Waals surface area (Å²) >= 11 is 0. The van der Waals surface area contributed by atoms with E-state index in [9.17, 15) is 4.79 Å². The maximum absolute atomic E-state index is 11.5. The van der Waals surface area contributed by atoms with Gasteiger partial charge in [0.1, 0.15) is 11.5 Å². The summed E-state index contributed by atoms with van der Waals surface area (Å²) in [4.78, 5) is 11.5. The minimum Gasteiger partial charge on any atom is -0.497 e. The molecule has 2 N–H and O–H groups in total. The van der Waals surface area contributed by atoms with Crippen LogP contribution in [0.5, 0.6) is 11.5 Å². The highest BCUT2D eigenvalue weighted by molar-refractivity contribution is 5.91. The standard InChI is InChI=1S/C12H18N2O3.ClH/c1-13-5-4-12(15)14-9-6-10(16-2)8-11(7-9)17-3;/h6-8,13H,4-5H2,1-3H3,(H,14,15);1H. The molecule has 0 fully saturated rings. The minimum atomic E-state index is -0.0466. The summed E-state index contributed by atoms with van der Waals surface area (Å²) in [6, 6.07) is 5.25. The molecule has 0 radical (unpaired) electrons. The lowest BCUT2D eigenvalue weighted by Gasteiger charge is -2.09. The Hall–Kier alpha value is -1.46. The molecule has 0 spiro atoms. The molecule has 0 saturated heterocycles. The van der Waals surface area contributed by atoms with Crippen LogP contribution in [0.25, 0.3) is 0 Å². The van der Waals surface area contributed by atoms with Crippen molar-refractivity contribution in [1.29, 1.82) is 0 Å². The van der Waals surface area contributed by atoms with Crippen molar-refractivity contribution in [3.05, 3.63) is 18.2 Å². The van der Waals surface area contributed by atoms with Gasteiger partial charge in [-0.3, -0.25) is 4.79 Å². The molecule has 0 aliphatic carbocycles. The Labute approximate surface area is 113 Å². The van der Waals surface area contributed by atoms with E-state index in [1.807, 2.05) is 7.05 Å². The number of hydrogen-bond acceptors (Lipinski definition) is 4. The summed E-state index contributed by atoms with van der Waals surface area (Å²) in [6.07, 6.45) is 0.427. The Morgan fingerprint density at radius 3 is 2.17 bits per heavy atom. The van der Waals surface area contributed by atoms with Crippen LogP contribution in [0.3, 0.4) is 0 Å². The van der Waals surface area contributed by atoms with Gasteiger partial charge in [-0.15, -0.1) is 12.4 Å². The fourth-order valence-corrected chi connectivity index (χ4v) is 1.34. The van der Waals surface area contributed by atoms with Gasteiger partial charge in [0.05, 0.1) is 14.2 Å². The lowest BCUT2D eigenvalue weighted by atomic mass is 10.2. The SMILES string of the molecule is CNCCC(=O)Nc1cc(OC)cc(OC)c1.Cl. The van der Waals surface area contributed by atoms with Crippen molar-refractivity contribution < 1.29 is 14.3 Å². The van der Waals surface area contributed by atoms with Crippen molar-refractivity contribution in [2.24, 2.45) is 0 Å². The van der Waals surface area contributed by atoms with Gasteiger partial charge >= 0.3 is 0 Å². The van der Waals surface area contributed by atoms with Gasteiger partial charge in [0.15, 0.2) is 0 Å².